The Labute approximate surface area is 158 Å². The van der Waals surface area contributed by atoms with Gasteiger partial charge in [-0.3, -0.25) is 4.79 Å². The van der Waals surface area contributed by atoms with Gasteiger partial charge in [0, 0.05) is 11.3 Å². The predicted octanol–water partition coefficient (Wildman–Crippen LogP) is 3.41. The van der Waals surface area contributed by atoms with Gasteiger partial charge in [-0.1, -0.05) is 54.5 Å². The Morgan fingerprint density at radius 3 is 2.67 bits per heavy atom. The quantitative estimate of drug-likeness (QED) is 0.387. The summed E-state index contributed by atoms with van der Waals surface area (Å²) in [5.74, 6) is 2.82. The number of hydrogen-bond acceptors (Lipinski definition) is 4. The number of carbonyl (C=O) groups excluding carboxylic acids is 1. The molecule has 5 nitrogen and oxygen atoms in total. The average molecular weight is 357 g/mol. The fourth-order valence-corrected chi connectivity index (χ4v) is 2.60. The van der Waals surface area contributed by atoms with Gasteiger partial charge in [-0.15, -0.1) is 6.42 Å². The summed E-state index contributed by atoms with van der Waals surface area (Å²) < 4.78 is 5.60. The van der Waals surface area contributed by atoms with Crippen LogP contribution in [0.3, 0.4) is 0 Å². The molecule has 0 fully saturated rings. The number of nitrogens with one attached hydrogen (secondary N) is 2. The lowest BCUT2D eigenvalue weighted by Crippen LogP contribution is -2.25. The van der Waals surface area contributed by atoms with Crippen LogP contribution in [0.15, 0.2) is 71.8 Å². The standard InChI is InChI=1S/C22H19N3O2/c1-2-14-27-21-13-12-17-8-6-7-11-19(17)20(21)15-24-25-22(26)16-23-18-9-4-3-5-10-18/h1,3-13,15,23H,14,16H2,(H,25,26). The lowest BCUT2D eigenvalue weighted by Gasteiger charge is -2.10. The smallest absolute Gasteiger partial charge is 0.259 e. The van der Waals surface area contributed by atoms with Crippen molar-refractivity contribution in [2.24, 2.45) is 5.10 Å². The molecule has 27 heavy (non-hydrogen) atoms. The zero-order valence-electron chi connectivity index (χ0n) is 14.7. The SMILES string of the molecule is C#CCOc1ccc2ccccc2c1C=NNC(=O)CNc1ccccc1. The normalized spacial score (nSPS) is 10.5. The van der Waals surface area contributed by atoms with E-state index in [0.717, 1.165) is 22.0 Å². The van der Waals surface area contributed by atoms with Gasteiger partial charge < -0.3 is 10.1 Å². The first-order chi connectivity index (χ1) is 13.3. The summed E-state index contributed by atoms with van der Waals surface area (Å²) in [6.45, 7) is 0.282. The maximum atomic E-state index is 12.0. The number of rotatable bonds is 7. The van der Waals surface area contributed by atoms with Gasteiger partial charge in [0.05, 0.1) is 12.8 Å². The van der Waals surface area contributed by atoms with Crippen molar-refractivity contribution >= 4 is 28.6 Å². The molecule has 0 atom stereocenters. The highest BCUT2D eigenvalue weighted by Crippen LogP contribution is 2.26. The first-order valence-electron chi connectivity index (χ1n) is 8.47. The van der Waals surface area contributed by atoms with E-state index in [1.54, 1.807) is 6.21 Å². The molecule has 0 saturated heterocycles. The summed E-state index contributed by atoms with van der Waals surface area (Å²) >= 11 is 0. The third kappa shape index (κ3) is 4.86. The first kappa shape index (κ1) is 18.0. The molecule has 0 saturated carbocycles. The van der Waals surface area contributed by atoms with Crippen molar-refractivity contribution in [1.29, 1.82) is 0 Å². The topological polar surface area (TPSA) is 62.7 Å². The molecule has 5 heteroatoms. The largest absolute Gasteiger partial charge is 0.480 e. The summed E-state index contributed by atoms with van der Waals surface area (Å²) in [5, 5.41) is 9.12. The maximum Gasteiger partial charge on any atom is 0.259 e. The van der Waals surface area contributed by atoms with E-state index >= 15 is 0 Å². The summed E-state index contributed by atoms with van der Waals surface area (Å²) in [5.41, 5.74) is 4.16. The van der Waals surface area contributed by atoms with E-state index in [0.29, 0.717) is 5.75 Å². The molecular weight excluding hydrogens is 338 g/mol. The number of amides is 1. The van der Waals surface area contributed by atoms with Gasteiger partial charge in [0.15, 0.2) is 0 Å². The number of nitrogens with zero attached hydrogens (tertiary/aromatic N) is 1. The van der Waals surface area contributed by atoms with Gasteiger partial charge in [0.1, 0.15) is 12.4 Å². The molecule has 0 aromatic heterocycles. The number of para-hydroxylation sites is 1. The van der Waals surface area contributed by atoms with Crippen LogP contribution in [-0.2, 0) is 4.79 Å². The van der Waals surface area contributed by atoms with Crippen LogP contribution >= 0.6 is 0 Å². The predicted molar refractivity (Wildman–Crippen MR) is 109 cm³/mol. The van der Waals surface area contributed by atoms with Crippen LogP contribution in [0.2, 0.25) is 0 Å². The molecule has 3 rings (SSSR count). The van der Waals surface area contributed by atoms with Crippen molar-refractivity contribution in [2.75, 3.05) is 18.5 Å². The Bertz CT molecular complexity index is 991. The van der Waals surface area contributed by atoms with Crippen LogP contribution in [0.4, 0.5) is 5.69 Å². The minimum Gasteiger partial charge on any atom is -0.480 e. The molecule has 3 aromatic carbocycles. The Hall–Kier alpha value is -3.78. The monoisotopic (exact) mass is 357 g/mol. The summed E-state index contributed by atoms with van der Waals surface area (Å²) in [6, 6.07) is 21.2. The molecular formula is C22H19N3O2. The zero-order chi connectivity index (χ0) is 18.9. The molecule has 0 radical (unpaired) electrons. The number of carbonyl (C=O) groups is 1. The second-order valence-corrected chi connectivity index (χ2v) is 5.70. The lowest BCUT2D eigenvalue weighted by atomic mass is 10.0. The third-order valence-electron chi connectivity index (χ3n) is 3.85. The fraction of sp³-hybridized carbons (Fsp3) is 0.0909. The van der Waals surface area contributed by atoms with Crippen molar-refractivity contribution in [3.05, 3.63) is 72.3 Å². The van der Waals surface area contributed by atoms with Crippen molar-refractivity contribution in [2.45, 2.75) is 0 Å². The van der Waals surface area contributed by atoms with Crippen molar-refractivity contribution < 1.29 is 9.53 Å². The summed E-state index contributed by atoms with van der Waals surface area (Å²) in [7, 11) is 0. The molecule has 0 aliphatic rings. The highest BCUT2D eigenvalue weighted by atomic mass is 16.5. The van der Waals surface area contributed by atoms with Gasteiger partial charge in [0.25, 0.3) is 5.91 Å². The van der Waals surface area contributed by atoms with Crippen molar-refractivity contribution in [1.82, 2.24) is 5.43 Å². The summed E-state index contributed by atoms with van der Waals surface area (Å²) in [4.78, 5) is 12.0. The number of hydrazone groups is 1. The zero-order valence-corrected chi connectivity index (χ0v) is 14.7. The second-order valence-electron chi connectivity index (χ2n) is 5.70. The van der Waals surface area contributed by atoms with Gasteiger partial charge in [-0.25, -0.2) is 5.43 Å². The third-order valence-corrected chi connectivity index (χ3v) is 3.85. The number of terminal acetylenes is 1. The molecule has 0 unspecified atom stereocenters. The van der Waals surface area contributed by atoms with E-state index in [9.17, 15) is 4.79 Å². The number of benzene rings is 3. The highest BCUT2D eigenvalue weighted by molar-refractivity contribution is 6.02. The number of fused-ring (bicyclic) bond motifs is 1. The number of hydrogen-bond donors (Lipinski definition) is 2. The molecule has 0 heterocycles. The van der Waals surface area contributed by atoms with Crippen molar-refractivity contribution in [3.63, 3.8) is 0 Å². The number of ether oxygens (including phenoxy) is 1. The molecule has 0 spiro atoms. The number of anilines is 1. The highest BCUT2D eigenvalue weighted by Gasteiger charge is 2.07. The molecule has 3 aromatic rings. The van der Waals surface area contributed by atoms with E-state index in [-0.39, 0.29) is 19.1 Å². The van der Waals surface area contributed by atoms with Crippen molar-refractivity contribution in [3.8, 4) is 18.1 Å². The average Bonchev–Trinajstić information content (AvgIpc) is 2.72. The Morgan fingerprint density at radius 1 is 1.07 bits per heavy atom. The van der Waals surface area contributed by atoms with Crippen LogP contribution in [0, 0.1) is 12.3 Å². The molecule has 0 aliphatic carbocycles. The van der Waals surface area contributed by atoms with E-state index in [1.165, 1.54) is 0 Å². The minimum absolute atomic E-state index is 0.122. The van der Waals surface area contributed by atoms with E-state index in [1.807, 2.05) is 66.7 Å². The van der Waals surface area contributed by atoms with Crippen LogP contribution in [0.1, 0.15) is 5.56 Å². The summed E-state index contributed by atoms with van der Waals surface area (Å²) in [6.07, 6.45) is 6.87. The second kappa shape index (κ2) is 9.07. The minimum atomic E-state index is -0.249. The molecule has 0 aliphatic heterocycles. The van der Waals surface area contributed by atoms with Gasteiger partial charge in [-0.2, -0.15) is 5.10 Å². The Balaban J connectivity index is 1.70. The Kier molecular flexibility index (Phi) is 6.05. The molecule has 0 bridgehead atoms. The van der Waals surface area contributed by atoms with Crippen LogP contribution in [-0.4, -0.2) is 25.3 Å². The molecule has 1 amide bonds. The van der Waals surface area contributed by atoms with Gasteiger partial charge in [-0.05, 0) is 29.0 Å². The van der Waals surface area contributed by atoms with E-state index in [4.69, 9.17) is 11.2 Å². The lowest BCUT2D eigenvalue weighted by molar-refractivity contribution is -0.119. The van der Waals surface area contributed by atoms with E-state index in [2.05, 4.69) is 21.8 Å². The van der Waals surface area contributed by atoms with Crippen LogP contribution in [0.25, 0.3) is 10.8 Å². The molecule has 2 N–H and O–H groups in total. The first-order valence-corrected chi connectivity index (χ1v) is 8.47. The van der Waals surface area contributed by atoms with Gasteiger partial charge >= 0.3 is 0 Å². The Morgan fingerprint density at radius 2 is 1.85 bits per heavy atom. The van der Waals surface area contributed by atoms with Gasteiger partial charge in [0.2, 0.25) is 0 Å². The van der Waals surface area contributed by atoms with E-state index < -0.39 is 0 Å². The molecule has 134 valence electrons. The van der Waals surface area contributed by atoms with Crippen LogP contribution < -0.4 is 15.5 Å². The maximum absolute atomic E-state index is 12.0. The fourth-order valence-electron chi connectivity index (χ4n) is 2.60. The van der Waals surface area contributed by atoms with Crippen LogP contribution in [0.5, 0.6) is 5.75 Å².